The number of nitrogens with zero attached hydrogens (tertiary/aromatic N) is 5. The Balaban J connectivity index is 1.35. The fraction of sp³-hybridized carbons (Fsp3) is 0.355. The van der Waals surface area contributed by atoms with Crippen LogP contribution in [0.1, 0.15) is 19.4 Å². The van der Waals surface area contributed by atoms with Crippen LogP contribution in [0.15, 0.2) is 76.8 Å². The molecule has 1 aliphatic heterocycles. The number of amides is 2. The summed E-state index contributed by atoms with van der Waals surface area (Å²) in [5.74, 6) is -2.40. The number of imidazole rings is 1. The fourth-order valence-electron chi connectivity index (χ4n) is 5.45. The molecule has 2 unspecified atom stereocenters. The maximum atomic E-state index is 13.6. The molecule has 1 fully saturated rings. The molecule has 17 heteroatoms. The number of rotatable bonds is 13. The van der Waals surface area contributed by atoms with Crippen molar-refractivity contribution < 1.29 is 32.6 Å². The van der Waals surface area contributed by atoms with Crippen LogP contribution < -0.4 is 16.3 Å². The van der Waals surface area contributed by atoms with E-state index in [2.05, 4.69) is 20.6 Å². The molecule has 1 aromatic carbocycles. The van der Waals surface area contributed by atoms with Crippen LogP contribution in [0.2, 0.25) is 0 Å². The molecule has 2 atom stereocenters. The van der Waals surface area contributed by atoms with Crippen LogP contribution >= 0.6 is 11.8 Å². The van der Waals surface area contributed by atoms with Gasteiger partial charge in [-0.05, 0) is 55.8 Å². The molecule has 4 aromatic rings. The number of carboxylic acids is 1. The average molecular weight is 698 g/mol. The van der Waals surface area contributed by atoms with E-state index in [4.69, 9.17) is 4.74 Å². The molecule has 0 bridgehead atoms. The van der Waals surface area contributed by atoms with Crippen molar-refractivity contribution in [1.82, 2.24) is 34.0 Å². The van der Waals surface area contributed by atoms with Crippen LogP contribution in [0.5, 0.6) is 0 Å². The van der Waals surface area contributed by atoms with E-state index in [-0.39, 0.29) is 29.6 Å². The third-order valence-corrected chi connectivity index (χ3v) is 11.2. The molecule has 48 heavy (non-hydrogen) atoms. The molecule has 15 nitrogen and oxygen atoms in total. The Morgan fingerprint density at radius 1 is 1.12 bits per heavy atom. The van der Waals surface area contributed by atoms with Crippen molar-refractivity contribution in [1.29, 1.82) is 0 Å². The van der Waals surface area contributed by atoms with E-state index in [1.54, 1.807) is 50.2 Å². The number of aromatic nitrogens is 4. The Morgan fingerprint density at radius 2 is 1.85 bits per heavy atom. The number of nitrogens with one attached hydrogen (secondary N) is 2. The highest BCUT2D eigenvalue weighted by Gasteiger charge is 2.51. The van der Waals surface area contributed by atoms with Crippen molar-refractivity contribution >= 4 is 50.7 Å². The van der Waals surface area contributed by atoms with Crippen LogP contribution in [-0.2, 0) is 42.1 Å². The van der Waals surface area contributed by atoms with Crippen molar-refractivity contribution in [2.24, 2.45) is 0 Å². The van der Waals surface area contributed by atoms with E-state index >= 15 is 0 Å². The molecule has 1 saturated heterocycles. The Kier molecular flexibility index (Phi) is 10.3. The molecule has 3 aromatic heterocycles. The van der Waals surface area contributed by atoms with E-state index < -0.39 is 44.4 Å². The minimum atomic E-state index is -4.10. The summed E-state index contributed by atoms with van der Waals surface area (Å²) in [6.45, 7) is 3.86. The zero-order valence-corrected chi connectivity index (χ0v) is 28.0. The Labute approximate surface area is 280 Å². The number of aliphatic carboxylic acids is 1. The van der Waals surface area contributed by atoms with E-state index in [1.165, 1.54) is 58.7 Å². The molecule has 5 rings (SSSR count). The highest BCUT2D eigenvalue weighted by molar-refractivity contribution is 8.02. The summed E-state index contributed by atoms with van der Waals surface area (Å²) in [6.07, 6.45) is 4.06. The molecular weight excluding hydrogens is 663 g/mol. The number of carboxylic acid groups (broad SMARTS) is 1. The van der Waals surface area contributed by atoms with E-state index in [0.717, 1.165) is 4.31 Å². The van der Waals surface area contributed by atoms with Crippen molar-refractivity contribution in [3.05, 3.63) is 83.2 Å². The number of carbonyl (C=O) groups excluding carboxylic acids is 2. The van der Waals surface area contributed by atoms with Crippen LogP contribution in [0.3, 0.4) is 0 Å². The zero-order chi connectivity index (χ0) is 34.6. The molecule has 254 valence electrons. The predicted molar refractivity (Wildman–Crippen MR) is 177 cm³/mol. The Bertz CT molecular complexity index is 1980. The van der Waals surface area contributed by atoms with Gasteiger partial charge in [-0.25, -0.2) is 27.6 Å². The van der Waals surface area contributed by atoms with E-state index in [1.807, 2.05) is 0 Å². The minimum Gasteiger partial charge on any atom is -0.480 e. The first-order chi connectivity index (χ1) is 22.8. The van der Waals surface area contributed by atoms with Gasteiger partial charge in [0.15, 0.2) is 5.65 Å². The number of ether oxygens (including phenoxy) is 1. The van der Waals surface area contributed by atoms with Gasteiger partial charge in [0.1, 0.15) is 23.5 Å². The van der Waals surface area contributed by atoms with Crippen molar-refractivity contribution in [2.45, 2.75) is 48.5 Å². The van der Waals surface area contributed by atoms with Gasteiger partial charge in [0.25, 0.3) is 0 Å². The summed E-state index contributed by atoms with van der Waals surface area (Å²) in [5.41, 5.74) is 1.27. The highest BCUT2D eigenvalue weighted by atomic mass is 32.2. The van der Waals surface area contributed by atoms with Crippen molar-refractivity contribution in [3.8, 4) is 5.69 Å². The number of hydrogen-bond acceptors (Lipinski definition) is 10. The van der Waals surface area contributed by atoms with Crippen LogP contribution in [0, 0.1) is 0 Å². The second-order valence-electron chi connectivity index (χ2n) is 11.5. The summed E-state index contributed by atoms with van der Waals surface area (Å²) in [5, 5.41) is 15.3. The van der Waals surface area contributed by atoms with Gasteiger partial charge in [0.2, 0.25) is 21.8 Å². The zero-order valence-electron chi connectivity index (χ0n) is 26.4. The lowest BCUT2D eigenvalue weighted by molar-refractivity contribution is -0.142. The fourth-order valence-corrected chi connectivity index (χ4v) is 8.58. The summed E-state index contributed by atoms with van der Waals surface area (Å²) < 4.78 is 34.7. The predicted octanol–water partition coefficient (Wildman–Crippen LogP) is 0.999. The van der Waals surface area contributed by atoms with E-state index in [9.17, 15) is 32.7 Å². The first-order valence-electron chi connectivity index (χ1n) is 14.9. The molecule has 2 amide bonds. The summed E-state index contributed by atoms with van der Waals surface area (Å²) >= 11 is 1.27. The molecule has 4 heterocycles. The number of benzene rings is 1. The number of methoxy groups -OCH3 is 1. The highest BCUT2D eigenvalue weighted by Crippen LogP contribution is 2.42. The lowest BCUT2D eigenvalue weighted by Crippen LogP contribution is -2.56. The third-order valence-electron chi connectivity index (χ3n) is 7.87. The normalized spacial score (nSPS) is 16.9. The quantitative estimate of drug-likeness (QED) is 0.169. The van der Waals surface area contributed by atoms with Gasteiger partial charge in [-0.1, -0.05) is 12.1 Å². The van der Waals surface area contributed by atoms with Gasteiger partial charge in [0.05, 0.1) is 23.7 Å². The second kappa shape index (κ2) is 14.3. The average Bonchev–Trinajstić information content (AvgIpc) is 3.54. The van der Waals surface area contributed by atoms with Gasteiger partial charge in [0, 0.05) is 43.4 Å². The van der Waals surface area contributed by atoms with Gasteiger partial charge < -0.3 is 20.5 Å². The lowest BCUT2D eigenvalue weighted by atomic mass is 10.0. The number of carbonyl (C=O) groups is 3. The number of pyridine rings is 2. The maximum absolute atomic E-state index is 13.6. The summed E-state index contributed by atoms with van der Waals surface area (Å²) in [6, 6.07) is 10.1. The maximum Gasteiger partial charge on any atom is 0.335 e. The number of thioether (sulfide) groups is 1. The van der Waals surface area contributed by atoms with Crippen molar-refractivity contribution in [3.63, 3.8) is 0 Å². The molecule has 0 spiro atoms. The largest absolute Gasteiger partial charge is 0.480 e. The minimum absolute atomic E-state index is 0.00460. The smallest absolute Gasteiger partial charge is 0.335 e. The molecule has 0 radical (unpaired) electrons. The molecule has 3 N–H and O–H groups in total. The molecule has 0 aliphatic carbocycles. The summed E-state index contributed by atoms with van der Waals surface area (Å²) in [7, 11) is -2.58. The van der Waals surface area contributed by atoms with Gasteiger partial charge in [-0.15, -0.1) is 11.8 Å². The SMILES string of the molecule is COCCNC(=O)Cn1c(=O)n(-c2ccc(CC(NC(=O)C3N(S(=O)(=O)c4cccnc4)CSC3(C)C)C(=O)O)cc2)c2ncccc21. The molecular formula is C31H35N7O8S2. The van der Waals surface area contributed by atoms with Gasteiger partial charge in [-0.2, -0.15) is 4.31 Å². The number of hydrogen-bond donors (Lipinski definition) is 3. The number of sulfonamides is 1. The van der Waals surface area contributed by atoms with E-state index in [0.29, 0.717) is 35.6 Å². The van der Waals surface area contributed by atoms with Gasteiger partial charge in [-0.3, -0.25) is 19.1 Å². The first-order valence-corrected chi connectivity index (χ1v) is 17.3. The van der Waals surface area contributed by atoms with Crippen LogP contribution in [0.4, 0.5) is 0 Å². The third kappa shape index (κ3) is 7.13. The standard InChI is InChI=1S/C31H35N7O8S2/c1-31(2)26(37(19-47-31)48(44,45)22-6-4-12-32-17-22)28(40)35-23(29(41)42)16-20-8-10-21(11-9-20)38-27-24(7-5-13-34-27)36(30(38)43)18-25(39)33-14-15-46-3/h4-13,17,23,26H,14-16,18-19H2,1-3H3,(H,33,39)(H,35,40)(H,41,42). The molecule has 1 aliphatic rings. The van der Waals surface area contributed by atoms with Crippen LogP contribution in [0.25, 0.3) is 16.9 Å². The topological polar surface area (TPSA) is 195 Å². The summed E-state index contributed by atoms with van der Waals surface area (Å²) in [4.78, 5) is 60.1. The molecule has 0 saturated carbocycles. The second-order valence-corrected chi connectivity index (χ2v) is 15.0. The van der Waals surface area contributed by atoms with Crippen molar-refractivity contribution in [2.75, 3.05) is 26.1 Å². The monoisotopic (exact) mass is 697 g/mol. The lowest BCUT2D eigenvalue weighted by Gasteiger charge is -2.30. The van der Waals surface area contributed by atoms with Gasteiger partial charge >= 0.3 is 11.7 Å². The number of fused-ring (bicyclic) bond motifs is 1. The first kappa shape index (κ1) is 34.7. The van der Waals surface area contributed by atoms with Crippen LogP contribution in [-0.4, -0.2) is 97.7 Å². The Morgan fingerprint density at radius 3 is 2.52 bits per heavy atom. The Hall–Kier alpha value is -4.58.